The van der Waals surface area contributed by atoms with Crippen LogP contribution in [0.4, 0.5) is 10.1 Å². The maximum Gasteiger partial charge on any atom is 0.276 e. The normalized spacial score (nSPS) is 15.9. The van der Waals surface area contributed by atoms with Gasteiger partial charge in [0.25, 0.3) is 5.91 Å². The summed E-state index contributed by atoms with van der Waals surface area (Å²) in [6, 6.07) is 14.7. The summed E-state index contributed by atoms with van der Waals surface area (Å²) in [5.41, 5.74) is 2.84. The maximum absolute atomic E-state index is 14.0. The van der Waals surface area contributed by atoms with Crippen molar-refractivity contribution < 1.29 is 13.7 Å². The second-order valence-electron chi connectivity index (χ2n) is 6.85. The number of benzene rings is 2. The van der Waals surface area contributed by atoms with Crippen LogP contribution in [0.25, 0.3) is 11.3 Å². The predicted octanol–water partition coefficient (Wildman–Crippen LogP) is 4.05. The number of thioether (sulfide) groups is 1. The number of amides is 1. The summed E-state index contributed by atoms with van der Waals surface area (Å²) in [6.07, 6.45) is 0. The number of aromatic nitrogens is 1. The number of carbonyl (C=O) groups excluding carboxylic acids is 1. The van der Waals surface area contributed by atoms with Crippen LogP contribution in [0.2, 0.25) is 0 Å². The van der Waals surface area contributed by atoms with E-state index in [-0.39, 0.29) is 11.7 Å². The molecule has 0 atom stereocenters. The van der Waals surface area contributed by atoms with Crippen molar-refractivity contribution in [1.82, 2.24) is 10.1 Å². The first-order valence-corrected chi connectivity index (χ1v) is 10.2. The lowest BCUT2D eigenvalue weighted by molar-refractivity contribution is 0.0735. The third-order valence-electron chi connectivity index (χ3n) is 5.25. The highest BCUT2D eigenvalue weighted by molar-refractivity contribution is 7.98. The van der Waals surface area contributed by atoms with E-state index < -0.39 is 0 Å². The van der Waals surface area contributed by atoms with Crippen LogP contribution >= 0.6 is 11.8 Å². The lowest BCUT2D eigenvalue weighted by atomic mass is 10.1. The molecular weight excluding hydrogens is 377 g/mol. The molecule has 1 saturated heterocycles. The van der Waals surface area contributed by atoms with Crippen molar-refractivity contribution in [2.75, 3.05) is 31.1 Å². The quantitative estimate of drug-likeness (QED) is 0.655. The minimum absolute atomic E-state index is 0.113. The molecule has 0 radical (unpaired) electrons. The fourth-order valence-corrected chi connectivity index (χ4v) is 4.82. The third kappa shape index (κ3) is 2.86. The van der Waals surface area contributed by atoms with E-state index in [9.17, 15) is 9.18 Å². The molecule has 2 aliphatic rings. The Hall–Kier alpha value is -2.80. The van der Waals surface area contributed by atoms with E-state index in [1.807, 2.05) is 29.2 Å². The van der Waals surface area contributed by atoms with Crippen LogP contribution in [0.15, 0.2) is 57.9 Å². The lowest BCUT2D eigenvalue weighted by Gasteiger charge is -2.36. The third-order valence-corrected chi connectivity index (χ3v) is 6.35. The van der Waals surface area contributed by atoms with Gasteiger partial charge in [-0.3, -0.25) is 4.79 Å². The van der Waals surface area contributed by atoms with Gasteiger partial charge in [-0.1, -0.05) is 29.4 Å². The molecular formula is C21H18FN3O2S. The van der Waals surface area contributed by atoms with E-state index in [1.165, 1.54) is 6.07 Å². The van der Waals surface area contributed by atoms with Crippen LogP contribution in [-0.2, 0) is 5.75 Å². The minimum Gasteiger partial charge on any atom is -0.366 e. The zero-order chi connectivity index (χ0) is 19.1. The summed E-state index contributed by atoms with van der Waals surface area (Å²) >= 11 is 1.69. The molecule has 3 aromatic rings. The van der Waals surface area contributed by atoms with Crippen LogP contribution < -0.4 is 4.90 Å². The van der Waals surface area contributed by atoms with Crippen molar-refractivity contribution in [2.45, 2.75) is 10.6 Å². The standard InChI is InChI=1S/C21H18FN3O2S/c22-16-6-2-3-7-17(16)24-9-11-25(12-10-24)21(26)19-15-13-28-18-8-4-1-5-14(18)20(15)27-23-19/h1-8H,9-13H2. The van der Waals surface area contributed by atoms with Gasteiger partial charge in [-0.25, -0.2) is 4.39 Å². The maximum atomic E-state index is 14.0. The smallest absolute Gasteiger partial charge is 0.276 e. The molecule has 0 unspecified atom stereocenters. The van der Waals surface area contributed by atoms with Gasteiger partial charge in [0, 0.05) is 48.0 Å². The molecule has 2 aliphatic heterocycles. The van der Waals surface area contributed by atoms with Gasteiger partial charge in [-0.15, -0.1) is 11.8 Å². The van der Waals surface area contributed by atoms with Crippen molar-refractivity contribution >= 4 is 23.4 Å². The minimum atomic E-state index is -0.233. The van der Waals surface area contributed by atoms with Gasteiger partial charge in [0.1, 0.15) is 5.82 Å². The number of piperazine rings is 1. The summed E-state index contributed by atoms with van der Waals surface area (Å²) in [5, 5.41) is 4.11. The number of para-hydroxylation sites is 1. The largest absolute Gasteiger partial charge is 0.366 e. The molecule has 28 heavy (non-hydrogen) atoms. The van der Waals surface area contributed by atoms with Gasteiger partial charge in [-0.05, 0) is 24.3 Å². The average Bonchev–Trinajstić information content (AvgIpc) is 3.18. The number of fused-ring (bicyclic) bond motifs is 3. The Bertz CT molecular complexity index is 1040. The van der Waals surface area contributed by atoms with Crippen LogP contribution in [0.3, 0.4) is 0 Å². The summed E-state index contributed by atoms with van der Waals surface area (Å²) in [7, 11) is 0. The molecule has 1 amide bonds. The molecule has 0 aliphatic carbocycles. The number of carbonyl (C=O) groups is 1. The zero-order valence-electron chi connectivity index (χ0n) is 15.1. The zero-order valence-corrected chi connectivity index (χ0v) is 15.9. The van der Waals surface area contributed by atoms with E-state index in [0.717, 1.165) is 16.0 Å². The summed E-state index contributed by atoms with van der Waals surface area (Å²) in [4.78, 5) is 18.0. The molecule has 0 spiro atoms. The van der Waals surface area contributed by atoms with Gasteiger partial charge in [0.15, 0.2) is 11.5 Å². The van der Waals surface area contributed by atoms with E-state index in [4.69, 9.17) is 4.52 Å². The second kappa shape index (κ2) is 6.98. The number of anilines is 1. The molecule has 2 aromatic carbocycles. The molecule has 0 saturated carbocycles. The molecule has 0 bridgehead atoms. The highest BCUT2D eigenvalue weighted by Gasteiger charge is 2.31. The molecule has 0 N–H and O–H groups in total. The average molecular weight is 395 g/mol. The lowest BCUT2D eigenvalue weighted by Crippen LogP contribution is -2.49. The van der Waals surface area contributed by atoms with Crippen molar-refractivity contribution in [3.63, 3.8) is 0 Å². The topological polar surface area (TPSA) is 49.6 Å². The van der Waals surface area contributed by atoms with Gasteiger partial charge < -0.3 is 14.3 Å². The molecule has 7 heteroatoms. The number of halogens is 1. The first-order chi connectivity index (χ1) is 13.7. The van der Waals surface area contributed by atoms with Gasteiger partial charge in [0.05, 0.1) is 5.69 Å². The fourth-order valence-electron chi connectivity index (χ4n) is 3.76. The van der Waals surface area contributed by atoms with Crippen LogP contribution in [0, 0.1) is 5.82 Å². The monoisotopic (exact) mass is 395 g/mol. The van der Waals surface area contributed by atoms with E-state index in [0.29, 0.717) is 49.1 Å². The van der Waals surface area contributed by atoms with Crippen molar-refractivity contribution in [1.29, 1.82) is 0 Å². The summed E-state index contributed by atoms with van der Waals surface area (Å²) in [5.74, 6) is 1.02. The fraction of sp³-hybridized carbons (Fsp3) is 0.238. The van der Waals surface area contributed by atoms with E-state index >= 15 is 0 Å². The summed E-state index contributed by atoms with van der Waals surface area (Å²) < 4.78 is 19.6. The number of nitrogens with zero attached hydrogens (tertiary/aromatic N) is 3. The van der Waals surface area contributed by atoms with Gasteiger partial charge >= 0.3 is 0 Å². The Labute approximate surface area is 166 Å². The second-order valence-corrected chi connectivity index (χ2v) is 7.87. The summed E-state index contributed by atoms with van der Waals surface area (Å²) in [6.45, 7) is 2.23. The van der Waals surface area contributed by atoms with Crippen molar-refractivity contribution in [3.8, 4) is 11.3 Å². The Balaban J connectivity index is 1.34. The predicted molar refractivity (Wildman–Crippen MR) is 106 cm³/mol. The van der Waals surface area contributed by atoms with E-state index in [1.54, 1.807) is 28.8 Å². The molecule has 1 fully saturated rings. The highest BCUT2D eigenvalue weighted by Crippen LogP contribution is 2.42. The number of rotatable bonds is 2. The first-order valence-electron chi connectivity index (χ1n) is 9.22. The number of hydrogen-bond donors (Lipinski definition) is 0. The Morgan fingerprint density at radius 1 is 1.04 bits per heavy atom. The SMILES string of the molecule is O=C(c1noc2c1CSc1ccccc1-2)N1CCN(c2ccccc2F)CC1. The highest BCUT2D eigenvalue weighted by atomic mass is 32.2. The molecule has 1 aromatic heterocycles. The first kappa shape index (κ1) is 17.3. The molecule has 5 nitrogen and oxygen atoms in total. The van der Waals surface area contributed by atoms with Crippen LogP contribution in [0.5, 0.6) is 0 Å². The molecule has 5 rings (SSSR count). The number of hydrogen-bond acceptors (Lipinski definition) is 5. The van der Waals surface area contributed by atoms with Crippen molar-refractivity contribution in [3.05, 3.63) is 65.6 Å². The van der Waals surface area contributed by atoms with Crippen LogP contribution in [0.1, 0.15) is 16.1 Å². The van der Waals surface area contributed by atoms with Crippen molar-refractivity contribution in [2.24, 2.45) is 0 Å². The van der Waals surface area contributed by atoms with Gasteiger partial charge in [0.2, 0.25) is 0 Å². The van der Waals surface area contributed by atoms with Crippen LogP contribution in [-0.4, -0.2) is 42.1 Å². The van der Waals surface area contributed by atoms with E-state index in [2.05, 4.69) is 11.2 Å². The van der Waals surface area contributed by atoms with Gasteiger partial charge in [-0.2, -0.15) is 0 Å². The Morgan fingerprint density at radius 2 is 1.79 bits per heavy atom. The molecule has 3 heterocycles. The Kier molecular flexibility index (Phi) is 4.31. The Morgan fingerprint density at radius 3 is 2.61 bits per heavy atom. The molecule has 142 valence electrons.